The maximum absolute atomic E-state index is 12.8. The number of halogens is 1. The van der Waals surface area contributed by atoms with Crippen molar-refractivity contribution in [3.63, 3.8) is 0 Å². The predicted molar refractivity (Wildman–Crippen MR) is 154 cm³/mol. The van der Waals surface area contributed by atoms with Crippen molar-refractivity contribution in [3.05, 3.63) is 106 Å². The molecule has 0 radical (unpaired) electrons. The second-order valence-corrected chi connectivity index (χ2v) is 9.22. The molecule has 0 aromatic heterocycles. The number of hydrogen-bond donors (Lipinski definition) is 1. The zero-order chi connectivity index (χ0) is 27.1. The molecule has 0 saturated heterocycles. The van der Waals surface area contributed by atoms with Crippen molar-refractivity contribution in [2.75, 3.05) is 11.9 Å². The minimum Gasteiger partial charge on any atom is -0.490 e. The second-order valence-electron chi connectivity index (χ2n) is 8.81. The number of nitrogens with one attached hydrogen (secondary N) is 1. The molecule has 0 aliphatic carbocycles. The van der Waals surface area contributed by atoms with Gasteiger partial charge >= 0.3 is 0 Å². The number of hydrogen-bond acceptors (Lipinski definition) is 4. The fourth-order valence-corrected chi connectivity index (χ4v) is 4.47. The van der Waals surface area contributed by atoms with E-state index >= 15 is 0 Å². The zero-order valence-corrected chi connectivity index (χ0v) is 22.4. The van der Waals surface area contributed by atoms with Gasteiger partial charge in [-0.15, -0.1) is 0 Å². The van der Waals surface area contributed by atoms with Crippen LogP contribution >= 0.6 is 11.6 Å². The summed E-state index contributed by atoms with van der Waals surface area (Å²) in [4.78, 5) is 12.8. The Balaban J connectivity index is 1.59. The Bertz CT molecular complexity index is 1540. The van der Waals surface area contributed by atoms with Gasteiger partial charge in [-0.2, -0.15) is 5.26 Å². The van der Waals surface area contributed by atoms with Gasteiger partial charge in [-0.05, 0) is 78.1 Å². The molecule has 1 amide bonds. The fourth-order valence-electron chi connectivity index (χ4n) is 4.19. The molecule has 0 bridgehead atoms. The van der Waals surface area contributed by atoms with E-state index in [4.69, 9.17) is 21.1 Å². The molecule has 4 aromatic carbocycles. The largest absolute Gasteiger partial charge is 0.490 e. The van der Waals surface area contributed by atoms with E-state index in [0.29, 0.717) is 41.0 Å². The van der Waals surface area contributed by atoms with Crippen molar-refractivity contribution in [3.8, 4) is 17.6 Å². The summed E-state index contributed by atoms with van der Waals surface area (Å²) in [5, 5.41) is 15.0. The molecule has 38 heavy (non-hydrogen) atoms. The van der Waals surface area contributed by atoms with Crippen molar-refractivity contribution in [2.24, 2.45) is 0 Å². The Morgan fingerprint density at radius 1 is 1.03 bits per heavy atom. The normalized spacial score (nSPS) is 11.2. The minimum absolute atomic E-state index is 0.0527. The summed E-state index contributed by atoms with van der Waals surface area (Å²) in [7, 11) is 0. The summed E-state index contributed by atoms with van der Waals surface area (Å²) in [6.45, 7) is 6.69. The van der Waals surface area contributed by atoms with Crippen LogP contribution in [0.15, 0.2) is 78.4 Å². The summed E-state index contributed by atoms with van der Waals surface area (Å²) in [6, 6.07) is 25.2. The van der Waals surface area contributed by atoms with Gasteiger partial charge in [-0.25, -0.2) is 0 Å². The summed E-state index contributed by atoms with van der Waals surface area (Å²) < 4.78 is 12.0. The minimum atomic E-state index is -0.502. The summed E-state index contributed by atoms with van der Waals surface area (Å²) in [6.07, 6.45) is 2.39. The van der Waals surface area contributed by atoms with Crippen molar-refractivity contribution < 1.29 is 14.3 Å². The first-order valence-corrected chi connectivity index (χ1v) is 12.9. The summed E-state index contributed by atoms with van der Waals surface area (Å²) in [5.41, 5.74) is 4.47. The number of nitrogens with zero attached hydrogens (tertiary/aromatic N) is 1. The Hall–Kier alpha value is -4.27. The highest BCUT2D eigenvalue weighted by Crippen LogP contribution is 2.38. The monoisotopic (exact) mass is 524 g/mol. The van der Waals surface area contributed by atoms with Crippen LogP contribution in [0.3, 0.4) is 0 Å². The second kappa shape index (κ2) is 12.3. The van der Waals surface area contributed by atoms with Crippen LogP contribution in [-0.2, 0) is 17.8 Å². The van der Waals surface area contributed by atoms with E-state index in [1.807, 2.05) is 49.4 Å². The van der Waals surface area contributed by atoms with Crippen molar-refractivity contribution >= 4 is 40.0 Å². The maximum atomic E-state index is 12.8. The van der Waals surface area contributed by atoms with Gasteiger partial charge in [0.05, 0.1) is 11.6 Å². The van der Waals surface area contributed by atoms with Gasteiger partial charge in [-0.3, -0.25) is 4.79 Å². The number of fused-ring (bicyclic) bond motifs is 1. The average Bonchev–Trinajstić information content (AvgIpc) is 2.92. The van der Waals surface area contributed by atoms with Crippen LogP contribution in [-0.4, -0.2) is 12.5 Å². The highest BCUT2D eigenvalue weighted by molar-refractivity contribution is 6.32. The van der Waals surface area contributed by atoms with Crippen LogP contribution in [0, 0.1) is 18.3 Å². The number of ether oxygens (including phenoxy) is 2. The summed E-state index contributed by atoms with van der Waals surface area (Å²) >= 11 is 6.64. The van der Waals surface area contributed by atoms with Gasteiger partial charge in [0.2, 0.25) is 0 Å². The molecule has 0 aliphatic rings. The third-order valence-electron chi connectivity index (χ3n) is 6.26. The lowest BCUT2D eigenvalue weighted by atomic mass is 10.0. The number of anilines is 1. The van der Waals surface area contributed by atoms with Crippen molar-refractivity contribution in [1.29, 1.82) is 5.26 Å². The van der Waals surface area contributed by atoms with E-state index < -0.39 is 5.91 Å². The molecule has 6 heteroatoms. The highest BCUT2D eigenvalue weighted by atomic mass is 35.5. The molecule has 1 N–H and O–H groups in total. The standard InChI is InChI=1S/C32H29ClN2O3/c1-4-22-11-14-26(15-12-22)35-32(36)25(19-34)16-23-17-29(33)31(30(18-23)37-5-2)38-20-28-21(3)10-13-24-8-6-7-9-27(24)28/h6-18H,4-5,20H2,1-3H3,(H,35,36)/b25-16+. The Morgan fingerprint density at radius 2 is 1.79 bits per heavy atom. The number of carbonyl (C=O) groups excluding carboxylic acids is 1. The van der Waals surface area contributed by atoms with E-state index in [9.17, 15) is 10.1 Å². The zero-order valence-electron chi connectivity index (χ0n) is 21.7. The quantitative estimate of drug-likeness (QED) is 0.178. The molecule has 0 saturated carbocycles. The Kier molecular flexibility index (Phi) is 8.68. The van der Waals surface area contributed by atoms with E-state index in [-0.39, 0.29) is 5.57 Å². The van der Waals surface area contributed by atoms with Crippen LogP contribution in [0.1, 0.15) is 36.1 Å². The Morgan fingerprint density at radius 3 is 2.50 bits per heavy atom. The molecule has 4 aromatic rings. The van der Waals surface area contributed by atoms with E-state index in [2.05, 4.69) is 43.4 Å². The lowest BCUT2D eigenvalue weighted by molar-refractivity contribution is -0.112. The molecule has 0 fully saturated rings. The summed E-state index contributed by atoms with van der Waals surface area (Å²) in [5.74, 6) is 0.353. The van der Waals surface area contributed by atoms with Crippen LogP contribution < -0.4 is 14.8 Å². The van der Waals surface area contributed by atoms with E-state index in [1.54, 1.807) is 12.1 Å². The van der Waals surface area contributed by atoms with Gasteiger partial charge in [0.25, 0.3) is 5.91 Å². The molecular weight excluding hydrogens is 496 g/mol. The highest BCUT2D eigenvalue weighted by Gasteiger charge is 2.16. The van der Waals surface area contributed by atoms with Gasteiger partial charge in [-0.1, -0.05) is 67.1 Å². The lowest BCUT2D eigenvalue weighted by Gasteiger charge is -2.16. The van der Waals surface area contributed by atoms with Crippen molar-refractivity contribution in [1.82, 2.24) is 0 Å². The third kappa shape index (κ3) is 6.16. The van der Waals surface area contributed by atoms with Crippen molar-refractivity contribution in [2.45, 2.75) is 33.8 Å². The lowest BCUT2D eigenvalue weighted by Crippen LogP contribution is -2.13. The number of nitriles is 1. The van der Waals surface area contributed by atoms with Gasteiger partial charge in [0.1, 0.15) is 18.2 Å². The number of amides is 1. The number of benzene rings is 4. The smallest absolute Gasteiger partial charge is 0.266 e. The van der Waals surface area contributed by atoms with Gasteiger partial charge < -0.3 is 14.8 Å². The first-order valence-electron chi connectivity index (χ1n) is 12.5. The van der Waals surface area contributed by atoms with E-state index in [1.165, 1.54) is 6.08 Å². The third-order valence-corrected chi connectivity index (χ3v) is 6.54. The fraction of sp³-hybridized carbons (Fsp3) is 0.188. The Labute approximate surface area is 228 Å². The topological polar surface area (TPSA) is 71.3 Å². The average molecular weight is 525 g/mol. The van der Waals surface area contributed by atoms with Gasteiger partial charge in [0, 0.05) is 11.3 Å². The molecule has 192 valence electrons. The molecule has 0 heterocycles. The first-order chi connectivity index (χ1) is 18.4. The molecule has 5 nitrogen and oxygen atoms in total. The molecular formula is C32H29ClN2O3. The van der Waals surface area contributed by atoms with Gasteiger partial charge in [0.15, 0.2) is 11.5 Å². The number of rotatable bonds is 9. The number of aryl methyl sites for hydroxylation is 2. The SMILES string of the molecule is CCOc1cc(/C=C(\C#N)C(=O)Nc2ccc(CC)cc2)cc(Cl)c1OCc1c(C)ccc2ccccc12. The molecule has 0 atom stereocenters. The molecule has 0 spiro atoms. The van der Waals surface area contributed by atoms with Crippen LogP contribution in [0.2, 0.25) is 5.02 Å². The first kappa shape index (κ1) is 26.8. The van der Waals surface area contributed by atoms with Crippen LogP contribution in [0.4, 0.5) is 5.69 Å². The molecule has 4 rings (SSSR count). The van der Waals surface area contributed by atoms with Crippen LogP contribution in [0.25, 0.3) is 16.8 Å². The molecule has 0 unspecified atom stereocenters. The number of carbonyl (C=O) groups is 1. The predicted octanol–water partition coefficient (Wildman–Crippen LogP) is 7.89. The van der Waals surface area contributed by atoms with Crippen LogP contribution in [0.5, 0.6) is 11.5 Å². The van der Waals surface area contributed by atoms with E-state index in [0.717, 1.165) is 33.9 Å². The maximum Gasteiger partial charge on any atom is 0.266 e. The molecule has 0 aliphatic heterocycles.